The number of aliphatic hydroxyl groups excluding tert-OH is 1. The number of aliphatic hydroxyl groups is 1. The van der Waals surface area contributed by atoms with Crippen molar-refractivity contribution in [3.8, 4) is 5.88 Å². The molecule has 3 aromatic rings. The molecule has 0 saturated carbocycles. The van der Waals surface area contributed by atoms with Crippen LogP contribution in [0.3, 0.4) is 0 Å². The van der Waals surface area contributed by atoms with Gasteiger partial charge in [-0.05, 0) is 22.8 Å². The van der Waals surface area contributed by atoms with Crippen molar-refractivity contribution in [3.63, 3.8) is 0 Å². The van der Waals surface area contributed by atoms with Crippen LogP contribution in [-0.2, 0) is 13.1 Å². The highest BCUT2D eigenvalue weighted by molar-refractivity contribution is 6.31. The lowest BCUT2D eigenvalue weighted by Crippen LogP contribution is -2.30. The largest absolute Gasteiger partial charge is 0.480 e. The second kappa shape index (κ2) is 9.51. The van der Waals surface area contributed by atoms with Crippen LogP contribution in [0.1, 0.15) is 22.7 Å². The van der Waals surface area contributed by atoms with Crippen LogP contribution in [0, 0.1) is 0 Å². The Morgan fingerprint density at radius 3 is 2.22 bits per heavy atom. The van der Waals surface area contributed by atoms with Crippen LogP contribution in [0.25, 0.3) is 0 Å². The highest BCUT2D eigenvalue weighted by Crippen LogP contribution is 2.27. The Morgan fingerprint density at radius 2 is 1.63 bits per heavy atom. The maximum absolute atomic E-state index is 10.1. The van der Waals surface area contributed by atoms with Gasteiger partial charge < -0.3 is 9.84 Å². The van der Waals surface area contributed by atoms with Crippen molar-refractivity contribution in [2.75, 3.05) is 13.7 Å². The summed E-state index contributed by atoms with van der Waals surface area (Å²) in [5, 5.41) is 10.6. The molecule has 2 aromatic carbocycles. The molecule has 0 aliphatic rings. The normalized spacial score (nSPS) is 12.1. The number of hydrogen-bond acceptors (Lipinski definition) is 4. The van der Waals surface area contributed by atoms with Gasteiger partial charge in [0.15, 0.2) is 0 Å². The minimum absolute atomic E-state index is 0.0220. The van der Waals surface area contributed by atoms with Gasteiger partial charge in [-0.3, -0.25) is 4.90 Å². The van der Waals surface area contributed by atoms with Gasteiger partial charge in [0.25, 0.3) is 0 Å². The van der Waals surface area contributed by atoms with Gasteiger partial charge in [-0.1, -0.05) is 72.3 Å². The van der Waals surface area contributed by atoms with Crippen LogP contribution >= 0.6 is 11.6 Å². The van der Waals surface area contributed by atoms with Gasteiger partial charge in [-0.2, -0.15) is 0 Å². The van der Waals surface area contributed by atoms with E-state index in [2.05, 4.69) is 22.0 Å². The molecule has 0 aliphatic heterocycles. The van der Waals surface area contributed by atoms with Crippen molar-refractivity contribution in [3.05, 3.63) is 94.6 Å². The zero-order valence-electron chi connectivity index (χ0n) is 15.3. The van der Waals surface area contributed by atoms with Crippen molar-refractivity contribution in [1.29, 1.82) is 0 Å². The number of hydrogen-bond donors (Lipinski definition) is 1. The number of benzene rings is 2. The standard InChI is InChI=1S/C22H23ClN2O2/c1-27-22-20(23)12-18(13-24-22)15-25(14-17-8-4-2-5-9-17)21(16-26)19-10-6-3-7-11-19/h2-13,21,26H,14-16H2,1H3. The zero-order valence-corrected chi connectivity index (χ0v) is 16.0. The van der Waals surface area contributed by atoms with Gasteiger partial charge in [0.2, 0.25) is 5.88 Å². The first-order valence-corrected chi connectivity index (χ1v) is 9.21. The molecule has 0 bridgehead atoms. The van der Waals surface area contributed by atoms with Crippen molar-refractivity contribution >= 4 is 11.6 Å². The molecule has 5 heteroatoms. The second-order valence-electron chi connectivity index (χ2n) is 6.33. The van der Waals surface area contributed by atoms with Gasteiger partial charge in [0.1, 0.15) is 5.02 Å². The molecule has 1 N–H and O–H groups in total. The monoisotopic (exact) mass is 382 g/mol. The van der Waals surface area contributed by atoms with E-state index in [0.29, 0.717) is 24.0 Å². The quantitative estimate of drug-likeness (QED) is 0.624. The third-order valence-electron chi connectivity index (χ3n) is 4.47. The molecule has 0 spiro atoms. The molecule has 0 fully saturated rings. The van der Waals surface area contributed by atoms with Crippen LogP contribution in [0.4, 0.5) is 0 Å². The summed E-state index contributed by atoms with van der Waals surface area (Å²) in [6.07, 6.45) is 1.77. The highest BCUT2D eigenvalue weighted by atomic mass is 35.5. The summed E-state index contributed by atoms with van der Waals surface area (Å²) in [6, 6.07) is 22.0. The van der Waals surface area contributed by atoms with Gasteiger partial charge in [-0.15, -0.1) is 0 Å². The van der Waals surface area contributed by atoms with Crippen molar-refractivity contribution in [2.45, 2.75) is 19.1 Å². The van der Waals surface area contributed by atoms with E-state index in [4.69, 9.17) is 16.3 Å². The Kier molecular flexibility index (Phi) is 6.82. The predicted molar refractivity (Wildman–Crippen MR) is 108 cm³/mol. The fraction of sp³-hybridized carbons (Fsp3) is 0.227. The average molecular weight is 383 g/mol. The lowest BCUT2D eigenvalue weighted by atomic mass is 10.0. The Bertz CT molecular complexity index is 843. The molecule has 1 atom stereocenters. The third-order valence-corrected chi connectivity index (χ3v) is 4.74. The van der Waals surface area contributed by atoms with Crippen LogP contribution in [0.2, 0.25) is 5.02 Å². The van der Waals surface area contributed by atoms with E-state index in [1.807, 2.05) is 54.6 Å². The summed E-state index contributed by atoms with van der Waals surface area (Å²) in [6.45, 7) is 1.32. The first kappa shape index (κ1) is 19.4. The molecule has 0 amide bonds. The molecule has 0 aliphatic carbocycles. The number of pyridine rings is 1. The third kappa shape index (κ3) is 5.07. The summed E-state index contributed by atoms with van der Waals surface area (Å²) < 4.78 is 5.14. The molecule has 0 radical (unpaired) electrons. The van der Waals surface area contributed by atoms with Gasteiger partial charge in [0, 0.05) is 19.3 Å². The topological polar surface area (TPSA) is 45.6 Å². The summed E-state index contributed by atoms with van der Waals surface area (Å²) in [4.78, 5) is 6.50. The summed E-state index contributed by atoms with van der Waals surface area (Å²) in [5.41, 5.74) is 3.22. The van der Waals surface area contributed by atoms with Gasteiger partial charge in [0.05, 0.1) is 19.8 Å². The van der Waals surface area contributed by atoms with E-state index in [1.54, 1.807) is 13.3 Å². The summed E-state index contributed by atoms with van der Waals surface area (Å²) in [5.74, 6) is 0.414. The predicted octanol–water partition coefficient (Wildman–Crippen LogP) is 4.48. The maximum atomic E-state index is 10.1. The lowest BCUT2D eigenvalue weighted by molar-refractivity contribution is 0.110. The van der Waals surface area contributed by atoms with Crippen molar-refractivity contribution < 1.29 is 9.84 Å². The smallest absolute Gasteiger partial charge is 0.232 e. The van der Waals surface area contributed by atoms with E-state index in [-0.39, 0.29) is 12.6 Å². The summed E-state index contributed by atoms with van der Waals surface area (Å²) in [7, 11) is 1.55. The number of halogens is 1. The highest BCUT2D eigenvalue weighted by Gasteiger charge is 2.21. The zero-order chi connectivity index (χ0) is 19.1. The van der Waals surface area contributed by atoms with Crippen molar-refractivity contribution in [1.82, 2.24) is 9.88 Å². The molecule has 27 heavy (non-hydrogen) atoms. The van der Waals surface area contributed by atoms with E-state index >= 15 is 0 Å². The second-order valence-corrected chi connectivity index (χ2v) is 6.74. The first-order valence-electron chi connectivity index (χ1n) is 8.83. The van der Waals surface area contributed by atoms with Crippen molar-refractivity contribution in [2.24, 2.45) is 0 Å². The van der Waals surface area contributed by atoms with E-state index < -0.39 is 0 Å². The minimum atomic E-state index is -0.132. The summed E-state index contributed by atoms with van der Waals surface area (Å²) >= 11 is 6.25. The number of ether oxygens (including phenoxy) is 1. The molecule has 1 heterocycles. The molecule has 0 saturated heterocycles. The number of methoxy groups -OCH3 is 1. The van der Waals surface area contributed by atoms with E-state index in [9.17, 15) is 5.11 Å². The Hall–Kier alpha value is -2.40. The fourth-order valence-electron chi connectivity index (χ4n) is 3.14. The molecular weight excluding hydrogens is 360 g/mol. The molecule has 1 unspecified atom stereocenters. The Labute approximate surface area is 165 Å². The number of nitrogens with zero attached hydrogens (tertiary/aromatic N) is 2. The van der Waals surface area contributed by atoms with Crippen LogP contribution in [0.15, 0.2) is 72.9 Å². The van der Waals surface area contributed by atoms with Crippen LogP contribution in [-0.4, -0.2) is 28.7 Å². The van der Waals surface area contributed by atoms with Gasteiger partial charge >= 0.3 is 0 Å². The average Bonchev–Trinajstić information content (AvgIpc) is 2.70. The Balaban J connectivity index is 1.90. The minimum Gasteiger partial charge on any atom is -0.480 e. The fourth-order valence-corrected chi connectivity index (χ4v) is 3.40. The van der Waals surface area contributed by atoms with Crippen LogP contribution < -0.4 is 4.74 Å². The first-order chi connectivity index (χ1) is 13.2. The molecular formula is C22H23ClN2O2. The lowest BCUT2D eigenvalue weighted by Gasteiger charge is -2.31. The Morgan fingerprint density at radius 1 is 1.00 bits per heavy atom. The molecule has 140 valence electrons. The molecule has 4 nitrogen and oxygen atoms in total. The molecule has 3 rings (SSSR count). The molecule has 1 aromatic heterocycles. The maximum Gasteiger partial charge on any atom is 0.232 e. The van der Waals surface area contributed by atoms with Gasteiger partial charge in [-0.25, -0.2) is 4.98 Å². The number of aromatic nitrogens is 1. The van der Waals surface area contributed by atoms with Crippen LogP contribution in [0.5, 0.6) is 5.88 Å². The number of rotatable bonds is 8. The van der Waals surface area contributed by atoms with E-state index in [0.717, 1.165) is 11.1 Å². The SMILES string of the molecule is COc1ncc(CN(Cc2ccccc2)C(CO)c2ccccc2)cc1Cl. The van der Waals surface area contributed by atoms with E-state index in [1.165, 1.54) is 5.56 Å².